The minimum absolute atomic E-state index is 0.0632. The molecule has 10 nitrogen and oxygen atoms in total. The Morgan fingerprint density at radius 3 is 2.67 bits per heavy atom. The van der Waals surface area contributed by atoms with Crippen molar-refractivity contribution in [1.82, 2.24) is 25.3 Å². The minimum atomic E-state index is -3.83. The van der Waals surface area contributed by atoms with Gasteiger partial charge in [0.25, 0.3) is 0 Å². The molecule has 0 aliphatic carbocycles. The van der Waals surface area contributed by atoms with Crippen molar-refractivity contribution in [1.29, 1.82) is 0 Å². The first-order valence-corrected chi connectivity index (χ1v) is 6.52. The molecule has 0 saturated heterocycles. The molecule has 18 heavy (non-hydrogen) atoms. The summed E-state index contributed by atoms with van der Waals surface area (Å²) >= 11 is 0. The molecular weight excluding hydrogens is 266 g/mol. The molecule has 0 aromatic carbocycles. The molecule has 0 spiro atoms. The highest BCUT2D eigenvalue weighted by Gasteiger charge is 2.16. The van der Waals surface area contributed by atoms with Crippen LogP contribution >= 0.6 is 0 Å². The summed E-state index contributed by atoms with van der Waals surface area (Å²) in [7, 11) is -3.83. The van der Waals surface area contributed by atoms with Crippen LogP contribution in [0.5, 0.6) is 0 Å². The third-order valence-corrected chi connectivity index (χ3v) is 3.15. The Labute approximate surface area is 102 Å². The van der Waals surface area contributed by atoms with Crippen LogP contribution in [0.1, 0.15) is 18.7 Å². The lowest BCUT2D eigenvalue weighted by Crippen LogP contribution is -2.34. The third-order valence-electron chi connectivity index (χ3n) is 1.78. The summed E-state index contributed by atoms with van der Waals surface area (Å²) in [5, 5.41) is 20.7. The average Bonchev–Trinajstić information content (AvgIpc) is 2.67. The number of hydrogen-bond donors (Lipinski definition) is 3. The number of aromatic amines is 1. The van der Waals surface area contributed by atoms with E-state index in [2.05, 4.69) is 20.6 Å². The molecule has 100 valence electrons. The molecule has 1 amide bonds. The lowest BCUT2D eigenvalue weighted by molar-refractivity contribution is -0.137. The monoisotopic (exact) mass is 277 g/mol. The van der Waals surface area contributed by atoms with Crippen molar-refractivity contribution in [2.24, 2.45) is 0 Å². The maximum Gasteiger partial charge on any atom is 0.303 e. The number of carboxylic acid groups (broad SMARTS) is 1. The molecule has 0 unspecified atom stereocenters. The Morgan fingerprint density at radius 1 is 1.39 bits per heavy atom. The standard InChI is InChI=1S/C7H11N5O5S/c13-6(4-5-8-11-12-9-5)10-18(16,17)3-1-2-7(14)15/h1-4H2,(H,10,13)(H,14,15)(H,8,9,11,12). The van der Waals surface area contributed by atoms with E-state index in [-0.39, 0.29) is 25.1 Å². The average molecular weight is 277 g/mol. The number of H-pyrrole nitrogens is 1. The number of sulfonamides is 1. The Balaban J connectivity index is 2.40. The van der Waals surface area contributed by atoms with Gasteiger partial charge >= 0.3 is 5.97 Å². The summed E-state index contributed by atoms with van der Waals surface area (Å²) in [6, 6.07) is 0. The molecule has 1 aromatic rings. The molecule has 0 aliphatic heterocycles. The zero-order valence-corrected chi connectivity index (χ0v) is 9.98. The molecule has 11 heteroatoms. The predicted molar refractivity (Wildman–Crippen MR) is 56.7 cm³/mol. The summed E-state index contributed by atoms with van der Waals surface area (Å²) in [6.45, 7) is 0. The molecule has 0 bridgehead atoms. The third kappa shape index (κ3) is 5.34. The SMILES string of the molecule is O=C(O)CCCS(=O)(=O)NC(=O)Cc1nn[nH]n1. The van der Waals surface area contributed by atoms with Gasteiger partial charge in [0.1, 0.15) is 0 Å². The Bertz CT molecular complexity index is 510. The van der Waals surface area contributed by atoms with E-state index in [0.29, 0.717) is 0 Å². The Hall–Kier alpha value is -2.04. The Kier molecular flexibility index (Phi) is 4.71. The fraction of sp³-hybridized carbons (Fsp3) is 0.571. The van der Waals surface area contributed by atoms with E-state index in [1.807, 2.05) is 0 Å². The quantitative estimate of drug-likeness (QED) is 0.519. The fourth-order valence-electron chi connectivity index (χ4n) is 1.07. The Morgan fingerprint density at radius 2 is 2.11 bits per heavy atom. The molecule has 1 aromatic heterocycles. The van der Waals surface area contributed by atoms with Gasteiger partial charge in [-0.1, -0.05) is 5.21 Å². The molecular formula is C7H11N5O5S. The maximum atomic E-state index is 11.4. The van der Waals surface area contributed by atoms with Crippen molar-refractivity contribution in [2.45, 2.75) is 19.3 Å². The minimum Gasteiger partial charge on any atom is -0.481 e. The van der Waals surface area contributed by atoms with Crippen LogP contribution < -0.4 is 4.72 Å². The van der Waals surface area contributed by atoms with Gasteiger partial charge in [-0.2, -0.15) is 5.21 Å². The van der Waals surface area contributed by atoms with Crippen molar-refractivity contribution in [3.63, 3.8) is 0 Å². The van der Waals surface area contributed by atoms with Crippen molar-refractivity contribution >= 4 is 21.9 Å². The number of amides is 1. The van der Waals surface area contributed by atoms with Crippen LogP contribution in [-0.2, 0) is 26.0 Å². The second-order valence-electron chi connectivity index (χ2n) is 3.35. The van der Waals surface area contributed by atoms with Crippen LogP contribution in [0.3, 0.4) is 0 Å². The number of hydrogen-bond acceptors (Lipinski definition) is 7. The number of nitrogens with one attached hydrogen (secondary N) is 2. The van der Waals surface area contributed by atoms with Crippen molar-refractivity contribution in [2.75, 3.05) is 5.75 Å². The number of nitrogens with zero attached hydrogens (tertiary/aromatic N) is 3. The predicted octanol–water partition coefficient (Wildman–Crippen LogP) is -1.95. The van der Waals surface area contributed by atoms with Crippen LogP contribution in [0.15, 0.2) is 0 Å². The van der Waals surface area contributed by atoms with Crippen molar-refractivity contribution < 1.29 is 23.1 Å². The molecule has 1 heterocycles. The number of tetrazole rings is 1. The summed E-state index contributed by atoms with van der Waals surface area (Å²) < 4.78 is 24.5. The summed E-state index contributed by atoms with van der Waals surface area (Å²) in [5.41, 5.74) is 0. The number of carbonyl (C=O) groups excluding carboxylic acids is 1. The van der Waals surface area contributed by atoms with E-state index >= 15 is 0 Å². The van der Waals surface area contributed by atoms with Gasteiger partial charge in [-0.15, -0.1) is 10.2 Å². The van der Waals surface area contributed by atoms with Crippen LogP contribution in [0.2, 0.25) is 0 Å². The van der Waals surface area contributed by atoms with E-state index in [4.69, 9.17) is 5.11 Å². The fourth-order valence-corrected chi connectivity index (χ4v) is 2.12. The highest BCUT2D eigenvalue weighted by atomic mass is 32.2. The molecule has 0 radical (unpaired) electrons. The van der Waals surface area contributed by atoms with E-state index in [0.717, 1.165) is 0 Å². The van der Waals surface area contributed by atoms with Crippen LogP contribution in [-0.4, -0.2) is 51.8 Å². The number of rotatable bonds is 7. The lowest BCUT2D eigenvalue weighted by Gasteiger charge is -2.04. The molecule has 0 aliphatic rings. The number of aliphatic carboxylic acids is 1. The smallest absolute Gasteiger partial charge is 0.303 e. The van der Waals surface area contributed by atoms with Crippen molar-refractivity contribution in [3.05, 3.63) is 5.82 Å². The number of aromatic nitrogens is 4. The lowest BCUT2D eigenvalue weighted by atomic mass is 10.3. The highest BCUT2D eigenvalue weighted by molar-refractivity contribution is 7.90. The van der Waals surface area contributed by atoms with Gasteiger partial charge in [-0.25, -0.2) is 8.42 Å². The summed E-state index contributed by atoms with van der Waals surface area (Å²) in [4.78, 5) is 21.5. The summed E-state index contributed by atoms with van der Waals surface area (Å²) in [5.74, 6) is -2.26. The van der Waals surface area contributed by atoms with Gasteiger partial charge in [0.15, 0.2) is 5.82 Å². The van der Waals surface area contributed by atoms with E-state index in [1.54, 1.807) is 4.72 Å². The molecule has 3 N–H and O–H groups in total. The second kappa shape index (κ2) is 6.05. The molecule has 0 saturated carbocycles. The first kappa shape index (κ1) is 14.0. The van der Waals surface area contributed by atoms with E-state index in [1.165, 1.54) is 0 Å². The topological polar surface area (TPSA) is 155 Å². The zero-order valence-electron chi connectivity index (χ0n) is 9.16. The zero-order chi connectivity index (χ0) is 13.6. The highest BCUT2D eigenvalue weighted by Crippen LogP contribution is 1.96. The van der Waals surface area contributed by atoms with Gasteiger partial charge in [0, 0.05) is 6.42 Å². The normalized spacial score (nSPS) is 11.1. The van der Waals surface area contributed by atoms with Gasteiger partial charge in [-0.3, -0.25) is 14.3 Å². The van der Waals surface area contributed by atoms with E-state index < -0.39 is 27.7 Å². The first-order valence-electron chi connectivity index (χ1n) is 4.86. The molecule has 1 rings (SSSR count). The van der Waals surface area contributed by atoms with Crippen molar-refractivity contribution in [3.8, 4) is 0 Å². The summed E-state index contributed by atoms with van der Waals surface area (Å²) in [6.07, 6.45) is -0.672. The second-order valence-corrected chi connectivity index (χ2v) is 5.19. The van der Waals surface area contributed by atoms with Gasteiger partial charge in [-0.05, 0) is 6.42 Å². The van der Waals surface area contributed by atoms with E-state index in [9.17, 15) is 18.0 Å². The molecule has 0 fully saturated rings. The van der Waals surface area contributed by atoms with Gasteiger partial charge in [0.05, 0.1) is 12.2 Å². The first-order chi connectivity index (χ1) is 8.39. The van der Waals surface area contributed by atoms with Crippen LogP contribution in [0.25, 0.3) is 0 Å². The number of carboxylic acids is 1. The van der Waals surface area contributed by atoms with Gasteiger partial charge < -0.3 is 5.11 Å². The maximum absolute atomic E-state index is 11.4. The van der Waals surface area contributed by atoms with Crippen LogP contribution in [0, 0.1) is 0 Å². The van der Waals surface area contributed by atoms with Crippen LogP contribution in [0.4, 0.5) is 0 Å². The molecule has 0 atom stereocenters. The van der Waals surface area contributed by atoms with Gasteiger partial charge in [0.2, 0.25) is 15.9 Å². The largest absolute Gasteiger partial charge is 0.481 e. The number of carbonyl (C=O) groups is 2.